The SMILES string of the molecule is O=c1c2ccccc2nc(C2CCCCC2)n1N=Cc1cc(Br)ccc1OCc1ccc2c(c1)OCO2. The Labute approximate surface area is 222 Å². The third kappa shape index (κ3) is 4.98. The van der Waals surface area contributed by atoms with Crippen molar-refractivity contribution < 1.29 is 14.2 Å². The Morgan fingerprint density at radius 2 is 1.86 bits per heavy atom. The van der Waals surface area contributed by atoms with Crippen molar-refractivity contribution in [2.24, 2.45) is 5.10 Å². The molecule has 1 aliphatic heterocycles. The van der Waals surface area contributed by atoms with E-state index in [9.17, 15) is 4.79 Å². The smallest absolute Gasteiger partial charge is 0.282 e. The number of hydrogen-bond donors (Lipinski definition) is 0. The van der Waals surface area contributed by atoms with Crippen LogP contribution in [-0.2, 0) is 6.61 Å². The zero-order valence-corrected chi connectivity index (χ0v) is 21.8. The van der Waals surface area contributed by atoms with Crippen LogP contribution in [0.2, 0.25) is 0 Å². The molecule has 188 valence electrons. The van der Waals surface area contributed by atoms with Gasteiger partial charge in [-0.05, 0) is 60.9 Å². The zero-order chi connectivity index (χ0) is 25.2. The van der Waals surface area contributed by atoms with E-state index in [1.54, 1.807) is 12.3 Å². The van der Waals surface area contributed by atoms with Crippen LogP contribution in [0.25, 0.3) is 10.9 Å². The van der Waals surface area contributed by atoms with Gasteiger partial charge < -0.3 is 14.2 Å². The molecule has 37 heavy (non-hydrogen) atoms. The molecule has 1 aromatic heterocycles. The van der Waals surface area contributed by atoms with Gasteiger partial charge in [-0.2, -0.15) is 9.78 Å². The summed E-state index contributed by atoms with van der Waals surface area (Å²) in [6.07, 6.45) is 7.22. The first-order valence-corrected chi connectivity index (χ1v) is 13.3. The maximum absolute atomic E-state index is 13.5. The van der Waals surface area contributed by atoms with Gasteiger partial charge in [0.2, 0.25) is 6.79 Å². The molecule has 1 saturated carbocycles. The number of para-hydroxylation sites is 1. The standard InChI is InChI=1S/C29H26BrN3O4/c30-22-11-13-25(35-17-19-10-12-26-27(14-19)37-18-36-26)21(15-22)16-31-33-28(20-6-2-1-3-7-20)32-24-9-5-4-8-23(24)29(33)34/h4-5,8-16,20H,1-3,6-7,17-18H2. The molecule has 0 unspecified atom stereocenters. The summed E-state index contributed by atoms with van der Waals surface area (Å²) in [4.78, 5) is 18.4. The number of benzene rings is 3. The Morgan fingerprint density at radius 1 is 1.03 bits per heavy atom. The molecule has 7 nitrogen and oxygen atoms in total. The Kier molecular flexibility index (Phi) is 6.66. The van der Waals surface area contributed by atoms with E-state index < -0.39 is 0 Å². The number of ether oxygens (including phenoxy) is 3. The second-order valence-electron chi connectivity index (χ2n) is 9.34. The highest BCUT2D eigenvalue weighted by Gasteiger charge is 2.22. The van der Waals surface area contributed by atoms with Gasteiger partial charge in [0.1, 0.15) is 18.2 Å². The maximum atomic E-state index is 13.5. The Balaban J connectivity index is 1.33. The molecular formula is C29H26BrN3O4. The van der Waals surface area contributed by atoms with Gasteiger partial charge in [-0.3, -0.25) is 4.79 Å². The highest BCUT2D eigenvalue weighted by Crippen LogP contribution is 2.34. The summed E-state index contributed by atoms with van der Waals surface area (Å²) >= 11 is 3.55. The lowest BCUT2D eigenvalue weighted by atomic mass is 9.88. The molecule has 0 amide bonds. The highest BCUT2D eigenvalue weighted by atomic mass is 79.9. The lowest BCUT2D eigenvalue weighted by Gasteiger charge is -2.22. The largest absolute Gasteiger partial charge is 0.488 e. The van der Waals surface area contributed by atoms with Gasteiger partial charge in [0.05, 0.1) is 17.1 Å². The summed E-state index contributed by atoms with van der Waals surface area (Å²) in [7, 11) is 0. The zero-order valence-electron chi connectivity index (χ0n) is 20.2. The molecule has 6 rings (SSSR count). The Hall–Kier alpha value is -3.65. The van der Waals surface area contributed by atoms with Crippen molar-refractivity contribution in [1.82, 2.24) is 9.66 Å². The van der Waals surface area contributed by atoms with Crippen LogP contribution in [0.5, 0.6) is 17.2 Å². The van der Waals surface area contributed by atoms with E-state index >= 15 is 0 Å². The molecule has 0 radical (unpaired) electrons. The summed E-state index contributed by atoms with van der Waals surface area (Å²) < 4.78 is 19.4. The van der Waals surface area contributed by atoms with E-state index in [2.05, 4.69) is 21.0 Å². The molecule has 2 heterocycles. The monoisotopic (exact) mass is 559 g/mol. The third-order valence-electron chi connectivity index (χ3n) is 6.86. The molecule has 0 bridgehead atoms. The van der Waals surface area contributed by atoms with Crippen molar-refractivity contribution in [2.75, 3.05) is 6.79 Å². The van der Waals surface area contributed by atoms with Crippen LogP contribution in [-0.4, -0.2) is 22.7 Å². The van der Waals surface area contributed by atoms with E-state index in [1.807, 2.05) is 54.6 Å². The first-order valence-electron chi connectivity index (χ1n) is 12.5. The normalized spacial score (nSPS) is 15.5. The van der Waals surface area contributed by atoms with Crippen molar-refractivity contribution >= 4 is 33.0 Å². The topological polar surface area (TPSA) is 74.9 Å². The number of fused-ring (bicyclic) bond motifs is 2. The average molecular weight is 560 g/mol. The van der Waals surface area contributed by atoms with E-state index in [0.29, 0.717) is 17.7 Å². The lowest BCUT2D eigenvalue weighted by molar-refractivity contribution is 0.174. The number of aromatic nitrogens is 2. The molecule has 1 aliphatic carbocycles. The predicted molar refractivity (Wildman–Crippen MR) is 146 cm³/mol. The van der Waals surface area contributed by atoms with Crippen molar-refractivity contribution in [3.8, 4) is 17.2 Å². The Bertz CT molecular complexity index is 1540. The van der Waals surface area contributed by atoms with Crippen LogP contribution >= 0.6 is 15.9 Å². The van der Waals surface area contributed by atoms with E-state index in [0.717, 1.165) is 64.1 Å². The Morgan fingerprint density at radius 3 is 2.76 bits per heavy atom. The molecule has 8 heteroatoms. The number of hydrogen-bond acceptors (Lipinski definition) is 6. The molecule has 0 saturated heterocycles. The number of halogens is 1. The third-order valence-corrected chi connectivity index (χ3v) is 7.36. The molecule has 3 aromatic carbocycles. The van der Waals surface area contributed by atoms with Gasteiger partial charge in [-0.1, -0.05) is 53.4 Å². The fraction of sp³-hybridized carbons (Fsp3) is 0.276. The summed E-state index contributed by atoms with van der Waals surface area (Å²) in [5, 5.41) is 5.25. The molecule has 0 atom stereocenters. The van der Waals surface area contributed by atoms with Crippen molar-refractivity contribution in [2.45, 2.75) is 44.6 Å². The van der Waals surface area contributed by atoms with Gasteiger partial charge in [0.15, 0.2) is 11.5 Å². The summed E-state index contributed by atoms with van der Waals surface area (Å²) in [5.41, 5.74) is 2.28. The van der Waals surface area contributed by atoms with Gasteiger partial charge >= 0.3 is 0 Å². The summed E-state index contributed by atoms with van der Waals surface area (Å²) in [6.45, 7) is 0.586. The molecule has 0 spiro atoms. The van der Waals surface area contributed by atoms with Crippen LogP contribution in [0.15, 0.2) is 75.0 Å². The van der Waals surface area contributed by atoms with Gasteiger partial charge in [-0.15, -0.1) is 0 Å². The second-order valence-corrected chi connectivity index (χ2v) is 10.3. The summed E-state index contributed by atoms with van der Waals surface area (Å²) in [6, 6.07) is 19.0. The molecular weight excluding hydrogens is 534 g/mol. The molecule has 0 N–H and O–H groups in total. The lowest BCUT2D eigenvalue weighted by Crippen LogP contribution is -2.25. The minimum Gasteiger partial charge on any atom is -0.488 e. The fourth-order valence-electron chi connectivity index (χ4n) is 4.94. The first-order chi connectivity index (χ1) is 18.2. The van der Waals surface area contributed by atoms with Gasteiger partial charge in [-0.25, -0.2) is 4.98 Å². The highest BCUT2D eigenvalue weighted by molar-refractivity contribution is 9.10. The van der Waals surface area contributed by atoms with Crippen LogP contribution in [0.3, 0.4) is 0 Å². The summed E-state index contributed by atoms with van der Waals surface area (Å²) in [5.74, 6) is 3.07. The average Bonchev–Trinajstić information content (AvgIpc) is 3.40. The van der Waals surface area contributed by atoms with Crippen molar-refractivity contribution in [3.05, 3.63) is 92.4 Å². The van der Waals surface area contributed by atoms with Crippen LogP contribution in [0, 0.1) is 0 Å². The van der Waals surface area contributed by atoms with Crippen LogP contribution in [0.4, 0.5) is 0 Å². The minimum atomic E-state index is -0.153. The fourth-order valence-corrected chi connectivity index (χ4v) is 5.32. The van der Waals surface area contributed by atoms with E-state index in [-0.39, 0.29) is 18.3 Å². The van der Waals surface area contributed by atoms with Gasteiger partial charge in [0, 0.05) is 16.0 Å². The number of nitrogens with zero attached hydrogens (tertiary/aromatic N) is 3. The van der Waals surface area contributed by atoms with Crippen LogP contribution in [0.1, 0.15) is 55.0 Å². The second kappa shape index (κ2) is 10.4. The van der Waals surface area contributed by atoms with Crippen molar-refractivity contribution in [3.63, 3.8) is 0 Å². The van der Waals surface area contributed by atoms with E-state index in [4.69, 9.17) is 19.2 Å². The molecule has 2 aliphatic rings. The van der Waals surface area contributed by atoms with Crippen LogP contribution < -0.4 is 19.8 Å². The van der Waals surface area contributed by atoms with Gasteiger partial charge in [0.25, 0.3) is 5.56 Å². The number of rotatable bonds is 6. The van der Waals surface area contributed by atoms with E-state index in [1.165, 1.54) is 11.1 Å². The molecule has 1 fully saturated rings. The quantitative estimate of drug-likeness (QED) is 0.255. The first kappa shape index (κ1) is 23.7. The minimum absolute atomic E-state index is 0.153. The molecule has 4 aromatic rings. The maximum Gasteiger partial charge on any atom is 0.282 e. The predicted octanol–water partition coefficient (Wildman–Crippen LogP) is 6.40. The van der Waals surface area contributed by atoms with Crippen molar-refractivity contribution in [1.29, 1.82) is 0 Å².